The Morgan fingerprint density at radius 1 is 1.40 bits per heavy atom. The number of aryl methyl sites for hydroxylation is 1. The van der Waals surface area contributed by atoms with Crippen molar-refractivity contribution in [2.75, 3.05) is 6.54 Å². The van der Waals surface area contributed by atoms with Crippen molar-refractivity contribution in [3.63, 3.8) is 0 Å². The second-order valence-electron chi connectivity index (χ2n) is 4.67. The van der Waals surface area contributed by atoms with E-state index < -0.39 is 16.4 Å². The average molecular weight is 320 g/mol. The molecule has 2 amide bonds. The Morgan fingerprint density at radius 3 is 2.75 bits per heavy atom. The molecule has 0 unspecified atom stereocenters. The Labute approximate surface area is 119 Å². The highest BCUT2D eigenvalue weighted by molar-refractivity contribution is 7.80. The molecule has 9 nitrogen and oxygen atoms in total. The summed E-state index contributed by atoms with van der Waals surface area (Å²) in [5, 5.41) is 10.2. The summed E-state index contributed by atoms with van der Waals surface area (Å²) >= 11 is 1.41. The number of hydrogen-bond donors (Lipinski definition) is 1. The lowest BCUT2D eigenvalue weighted by atomic mass is 10.0. The molecule has 0 radical (unpaired) electrons. The van der Waals surface area contributed by atoms with E-state index >= 15 is 0 Å². The Bertz CT molecular complexity index is 645. The smallest absolute Gasteiger partial charge is 0.311 e. The van der Waals surface area contributed by atoms with E-state index in [0.717, 1.165) is 15.1 Å². The maximum absolute atomic E-state index is 12.2. The molecule has 2 atom stereocenters. The van der Waals surface area contributed by atoms with E-state index in [1.54, 1.807) is 0 Å². The zero-order valence-corrected chi connectivity index (χ0v) is 12.1. The van der Waals surface area contributed by atoms with Crippen LogP contribution in [-0.4, -0.2) is 51.7 Å². The Morgan fingerprint density at radius 2 is 2.15 bits per heavy atom. The van der Waals surface area contributed by atoms with Gasteiger partial charge in [-0.2, -0.15) is 13.5 Å². The molecule has 0 spiro atoms. The predicted octanol–water partition coefficient (Wildman–Crippen LogP) is 0.522. The molecule has 3 rings (SSSR count). The molecule has 2 aliphatic heterocycles. The first-order valence-electron chi connectivity index (χ1n) is 5.92. The third-order valence-electron chi connectivity index (χ3n) is 3.32. The fourth-order valence-electron chi connectivity index (χ4n) is 2.53. The van der Waals surface area contributed by atoms with Gasteiger partial charge in [0.2, 0.25) is 0 Å². The van der Waals surface area contributed by atoms with E-state index in [0.29, 0.717) is 19.4 Å². The number of carbonyl (C=O) groups excluding carboxylic acids is 1. The number of nitrogens with zero attached hydrogens (tertiary/aromatic N) is 4. The van der Waals surface area contributed by atoms with Gasteiger partial charge in [0.15, 0.2) is 0 Å². The summed E-state index contributed by atoms with van der Waals surface area (Å²) in [5.41, 5.74) is 0. The summed E-state index contributed by atoms with van der Waals surface area (Å²) in [7, 11) is -4.70. The van der Waals surface area contributed by atoms with Gasteiger partial charge in [-0.25, -0.2) is 4.79 Å². The average Bonchev–Trinajstić information content (AvgIpc) is 2.88. The predicted molar refractivity (Wildman–Crippen MR) is 67.0 cm³/mol. The third-order valence-corrected chi connectivity index (χ3v) is 4.61. The minimum Gasteiger partial charge on any atom is -0.311 e. The molecule has 2 aliphatic rings. The van der Waals surface area contributed by atoms with Crippen LogP contribution in [0.15, 0.2) is 0 Å². The molecule has 2 bridgehead atoms. The molecule has 110 valence electrons. The summed E-state index contributed by atoms with van der Waals surface area (Å²) in [6.45, 7) is 2.17. The normalized spacial score (nSPS) is 26.4. The third kappa shape index (κ3) is 2.37. The van der Waals surface area contributed by atoms with Crippen molar-refractivity contribution in [3.8, 4) is 0 Å². The lowest BCUT2D eigenvalue weighted by Crippen LogP contribution is -2.35. The number of urea groups is 1. The van der Waals surface area contributed by atoms with Crippen LogP contribution in [0.3, 0.4) is 0 Å². The van der Waals surface area contributed by atoms with Crippen molar-refractivity contribution in [3.05, 3.63) is 10.0 Å². The molecule has 0 aromatic carbocycles. The second kappa shape index (κ2) is 4.62. The summed E-state index contributed by atoms with van der Waals surface area (Å²) in [5.74, 6) is 0. The van der Waals surface area contributed by atoms with Crippen molar-refractivity contribution >= 4 is 27.8 Å². The molecule has 1 aromatic heterocycles. The maximum Gasteiger partial charge on any atom is 0.418 e. The van der Waals surface area contributed by atoms with Crippen LogP contribution in [-0.2, 0) is 14.7 Å². The van der Waals surface area contributed by atoms with Crippen molar-refractivity contribution in [1.29, 1.82) is 0 Å². The lowest BCUT2D eigenvalue weighted by molar-refractivity contribution is -0.0317. The van der Waals surface area contributed by atoms with Crippen LogP contribution in [0.1, 0.15) is 28.9 Å². The van der Waals surface area contributed by atoms with Gasteiger partial charge in [0, 0.05) is 6.54 Å². The minimum atomic E-state index is -4.70. The number of hydroxylamine groups is 2. The standard InChI is InChI=1S/C9H12N4O5S2/c1-5-10-11-8(19-5)7-3-2-6-4-12(7)9(14)13(6)18-20(15,16)17/h6-7H,2-4H2,1H3,(H,15,16,17)/t6-,7-/m1/s1. The first-order valence-corrected chi connectivity index (χ1v) is 8.10. The molecule has 3 heterocycles. The number of amides is 2. The van der Waals surface area contributed by atoms with Gasteiger partial charge in [0.25, 0.3) is 0 Å². The van der Waals surface area contributed by atoms with E-state index in [2.05, 4.69) is 14.5 Å². The van der Waals surface area contributed by atoms with Crippen molar-refractivity contribution in [2.24, 2.45) is 0 Å². The molecule has 1 N–H and O–H groups in total. The fourth-order valence-corrected chi connectivity index (χ4v) is 3.77. The van der Waals surface area contributed by atoms with Crippen LogP contribution in [0.2, 0.25) is 0 Å². The summed E-state index contributed by atoms with van der Waals surface area (Å²) in [6, 6.07) is -1.18. The minimum absolute atomic E-state index is 0.222. The molecule has 0 saturated carbocycles. The molecule has 11 heteroatoms. The first kappa shape index (κ1) is 13.7. The second-order valence-corrected chi connectivity index (χ2v) is 6.89. The van der Waals surface area contributed by atoms with E-state index in [1.807, 2.05) is 6.92 Å². The van der Waals surface area contributed by atoms with Gasteiger partial charge < -0.3 is 4.90 Å². The van der Waals surface area contributed by atoms with E-state index in [9.17, 15) is 13.2 Å². The number of fused-ring (bicyclic) bond motifs is 2. The van der Waals surface area contributed by atoms with Crippen molar-refractivity contribution < 1.29 is 22.0 Å². The van der Waals surface area contributed by atoms with Gasteiger partial charge in [-0.15, -0.1) is 14.5 Å². The highest BCUT2D eigenvalue weighted by atomic mass is 32.3. The quantitative estimate of drug-likeness (QED) is 0.808. The van der Waals surface area contributed by atoms with E-state index in [-0.39, 0.29) is 12.1 Å². The molecule has 1 aromatic rings. The SMILES string of the molecule is Cc1nnc([C@H]2CC[C@@H]3CN2C(=O)N3OS(=O)(=O)O)s1. The zero-order chi connectivity index (χ0) is 14.5. The van der Waals surface area contributed by atoms with Gasteiger partial charge >= 0.3 is 16.4 Å². The van der Waals surface area contributed by atoms with Crippen LogP contribution in [0.5, 0.6) is 0 Å². The van der Waals surface area contributed by atoms with Gasteiger partial charge in [-0.1, -0.05) is 11.3 Å². The van der Waals surface area contributed by atoms with Crippen LogP contribution in [0, 0.1) is 6.92 Å². The maximum atomic E-state index is 12.2. The highest BCUT2D eigenvalue weighted by Crippen LogP contribution is 2.39. The van der Waals surface area contributed by atoms with Gasteiger partial charge in [-0.3, -0.25) is 4.55 Å². The number of aromatic nitrogens is 2. The molecular weight excluding hydrogens is 308 g/mol. The number of carbonyl (C=O) groups is 1. The first-order chi connectivity index (χ1) is 9.35. The summed E-state index contributed by atoms with van der Waals surface area (Å²) < 4.78 is 34.6. The van der Waals surface area contributed by atoms with Crippen LogP contribution in [0.25, 0.3) is 0 Å². The van der Waals surface area contributed by atoms with Gasteiger partial charge in [0.1, 0.15) is 10.0 Å². The Balaban J connectivity index is 1.84. The molecule has 2 fully saturated rings. The fraction of sp³-hybridized carbons (Fsp3) is 0.667. The monoisotopic (exact) mass is 320 g/mol. The molecular formula is C9H12N4O5S2. The van der Waals surface area contributed by atoms with Crippen molar-refractivity contribution in [1.82, 2.24) is 20.2 Å². The van der Waals surface area contributed by atoms with Crippen LogP contribution < -0.4 is 0 Å². The lowest BCUT2D eigenvalue weighted by Gasteiger charge is -2.28. The molecule has 0 aliphatic carbocycles. The van der Waals surface area contributed by atoms with Crippen LogP contribution >= 0.6 is 11.3 Å². The summed E-state index contributed by atoms with van der Waals surface area (Å²) in [4.78, 5) is 13.7. The van der Waals surface area contributed by atoms with Crippen LogP contribution in [0.4, 0.5) is 4.79 Å². The number of hydrogen-bond acceptors (Lipinski definition) is 7. The topological polar surface area (TPSA) is 113 Å². The molecule has 2 saturated heterocycles. The van der Waals surface area contributed by atoms with E-state index in [1.165, 1.54) is 16.2 Å². The Kier molecular flexibility index (Phi) is 3.16. The summed E-state index contributed by atoms with van der Waals surface area (Å²) in [6.07, 6.45) is 1.22. The highest BCUT2D eigenvalue weighted by Gasteiger charge is 2.48. The van der Waals surface area contributed by atoms with Crippen molar-refractivity contribution in [2.45, 2.75) is 31.8 Å². The van der Waals surface area contributed by atoms with Gasteiger partial charge in [0.05, 0.1) is 12.1 Å². The molecule has 20 heavy (non-hydrogen) atoms. The Hall–Kier alpha value is -1.30. The number of rotatable bonds is 3. The zero-order valence-electron chi connectivity index (χ0n) is 10.5. The largest absolute Gasteiger partial charge is 0.418 e. The van der Waals surface area contributed by atoms with Gasteiger partial charge in [-0.05, 0) is 19.8 Å². The number of piperidine rings is 1. The van der Waals surface area contributed by atoms with E-state index in [4.69, 9.17) is 4.55 Å².